The first-order chi connectivity index (χ1) is 6.00. The number of aliphatic hydroxyl groups is 1. The summed E-state index contributed by atoms with van der Waals surface area (Å²) in [6, 6.07) is 0.704. The Morgan fingerprint density at radius 1 is 1.46 bits per heavy atom. The fourth-order valence-electron chi connectivity index (χ4n) is 1.50. The van der Waals surface area contributed by atoms with Crippen molar-refractivity contribution in [1.29, 1.82) is 0 Å². The third-order valence-corrected chi connectivity index (χ3v) is 2.81. The highest BCUT2D eigenvalue weighted by Gasteiger charge is 2.24. The van der Waals surface area contributed by atoms with E-state index in [1.807, 2.05) is 20.8 Å². The van der Waals surface area contributed by atoms with E-state index in [9.17, 15) is 5.11 Å². The first kappa shape index (κ1) is 10.7. The van der Waals surface area contributed by atoms with E-state index in [1.165, 1.54) is 6.42 Å². The maximum Gasteiger partial charge on any atom is 0.0741 e. The van der Waals surface area contributed by atoms with E-state index in [4.69, 9.17) is 0 Å². The van der Waals surface area contributed by atoms with E-state index in [1.54, 1.807) is 0 Å². The largest absolute Gasteiger partial charge is 0.389 e. The van der Waals surface area contributed by atoms with Gasteiger partial charge in [0.1, 0.15) is 0 Å². The van der Waals surface area contributed by atoms with Crippen LogP contribution in [0, 0.1) is 0 Å². The second-order valence-electron chi connectivity index (χ2n) is 4.52. The van der Waals surface area contributed by atoms with Crippen molar-refractivity contribution in [1.82, 2.24) is 5.32 Å². The van der Waals surface area contributed by atoms with Crippen molar-refractivity contribution in [2.24, 2.45) is 0 Å². The van der Waals surface area contributed by atoms with Crippen LogP contribution in [0.2, 0.25) is 0 Å². The predicted octanol–water partition coefficient (Wildman–Crippen LogP) is 1.84. The first-order valence-electron chi connectivity index (χ1n) is 5.13. The topological polar surface area (TPSA) is 32.3 Å². The molecule has 2 heteroatoms. The summed E-state index contributed by atoms with van der Waals surface area (Å²) < 4.78 is 0. The van der Waals surface area contributed by atoms with Crippen molar-refractivity contribution >= 4 is 0 Å². The number of hydrogen-bond donors (Lipinski definition) is 2. The Balaban J connectivity index is 2.35. The van der Waals surface area contributed by atoms with Gasteiger partial charge in [-0.15, -0.1) is 0 Å². The molecular weight excluding hydrogens is 162 g/mol. The van der Waals surface area contributed by atoms with Gasteiger partial charge in [0.2, 0.25) is 0 Å². The Kier molecular flexibility index (Phi) is 3.51. The molecule has 2 atom stereocenters. The Bertz CT molecular complexity index is 181. The third-order valence-electron chi connectivity index (χ3n) is 2.81. The quantitative estimate of drug-likeness (QED) is 0.654. The lowest BCUT2D eigenvalue weighted by atomic mass is 9.96. The average Bonchev–Trinajstić information content (AvgIpc) is 2.04. The minimum Gasteiger partial charge on any atom is -0.389 e. The van der Waals surface area contributed by atoms with Crippen molar-refractivity contribution in [2.75, 3.05) is 0 Å². The molecular formula is C11H21NO. The fraction of sp³-hybridized carbons (Fsp3) is 0.818. The molecule has 0 saturated heterocycles. The molecule has 0 aromatic heterocycles. The van der Waals surface area contributed by atoms with E-state index < -0.39 is 5.60 Å². The molecule has 0 aromatic carbocycles. The second-order valence-corrected chi connectivity index (χ2v) is 4.52. The second kappa shape index (κ2) is 4.25. The third kappa shape index (κ3) is 3.49. The molecule has 0 amide bonds. The van der Waals surface area contributed by atoms with Crippen LogP contribution in [0.1, 0.15) is 40.0 Å². The lowest BCUT2D eigenvalue weighted by molar-refractivity contribution is 0.0393. The maximum atomic E-state index is 9.74. The van der Waals surface area contributed by atoms with E-state index in [0.29, 0.717) is 6.04 Å². The van der Waals surface area contributed by atoms with Gasteiger partial charge in [-0.05, 0) is 40.0 Å². The van der Waals surface area contributed by atoms with E-state index in [2.05, 4.69) is 17.5 Å². The van der Waals surface area contributed by atoms with Crippen LogP contribution in [0.3, 0.4) is 0 Å². The highest BCUT2D eigenvalue weighted by molar-refractivity contribution is 4.95. The molecule has 0 aromatic rings. The van der Waals surface area contributed by atoms with Crippen LogP contribution in [0.15, 0.2) is 12.2 Å². The number of rotatable bonds is 3. The number of hydrogen-bond acceptors (Lipinski definition) is 2. The molecule has 13 heavy (non-hydrogen) atoms. The van der Waals surface area contributed by atoms with Gasteiger partial charge in [-0.2, -0.15) is 0 Å². The minimum atomic E-state index is -0.624. The van der Waals surface area contributed by atoms with E-state index >= 15 is 0 Å². The van der Waals surface area contributed by atoms with Gasteiger partial charge in [0.15, 0.2) is 0 Å². The molecule has 0 heterocycles. The van der Waals surface area contributed by atoms with Crippen LogP contribution in [-0.4, -0.2) is 22.8 Å². The molecule has 2 nitrogen and oxygen atoms in total. The summed E-state index contributed by atoms with van der Waals surface area (Å²) in [5.74, 6) is 0. The zero-order valence-electron chi connectivity index (χ0n) is 8.88. The average molecular weight is 183 g/mol. The lowest BCUT2D eigenvalue weighted by Gasteiger charge is -2.31. The van der Waals surface area contributed by atoms with E-state index in [-0.39, 0.29) is 6.04 Å². The van der Waals surface area contributed by atoms with Gasteiger partial charge >= 0.3 is 0 Å². The van der Waals surface area contributed by atoms with Crippen molar-refractivity contribution in [3.63, 3.8) is 0 Å². The summed E-state index contributed by atoms with van der Waals surface area (Å²) in [5, 5.41) is 13.2. The molecule has 0 aliphatic heterocycles. The van der Waals surface area contributed by atoms with Gasteiger partial charge in [-0.3, -0.25) is 0 Å². The van der Waals surface area contributed by atoms with Crippen molar-refractivity contribution in [3.8, 4) is 0 Å². The maximum absolute atomic E-state index is 9.74. The molecule has 0 bridgehead atoms. The van der Waals surface area contributed by atoms with Crippen molar-refractivity contribution in [3.05, 3.63) is 12.2 Å². The van der Waals surface area contributed by atoms with Gasteiger partial charge in [-0.25, -0.2) is 0 Å². The normalized spacial score (nSPS) is 26.0. The van der Waals surface area contributed by atoms with E-state index in [0.717, 1.165) is 12.8 Å². The monoisotopic (exact) mass is 183 g/mol. The van der Waals surface area contributed by atoms with Crippen LogP contribution >= 0.6 is 0 Å². The summed E-state index contributed by atoms with van der Waals surface area (Å²) in [5.41, 5.74) is -0.624. The van der Waals surface area contributed by atoms with Crippen LogP contribution in [0.5, 0.6) is 0 Å². The highest BCUT2D eigenvalue weighted by Crippen LogP contribution is 2.14. The summed E-state index contributed by atoms with van der Waals surface area (Å²) in [6.07, 6.45) is 7.90. The summed E-state index contributed by atoms with van der Waals surface area (Å²) in [7, 11) is 0. The minimum absolute atomic E-state index is 0.156. The summed E-state index contributed by atoms with van der Waals surface area (Å²) in [6.45, 7) is 5.74. The number of allylic oxidation sites excluding steroid dienone is 1. The zero-order valence-corrected chi connectivity index (χ0v) is 8.88. The molecule has 1 aliphatic carbocycles. The zero-order chi connectivity index (χ0) is 9.90. The Labute approximate surface area is 81.0 Å². The van der Waals surface area contributed by atoms with Gasteiger partial charge in [0, 0.05) is 12.1 Å². The first-order valence-corrected chi connectivity index (χ1v) is 5.13. The SMILES string of the molecule is CC(NC1CC=CCC1)C(C)(C)O. The molecule has 1 aliphatic rings. The Morgan fingerprint density at radius 3 is 2.62 bits per heavy atom. The van der Waals surface area contributed by atoms with Gasteiger partial charge in [0.25, 0.3) is 0 Å². The molecule has 0 fully saturated rings. The summed E-state index contributed by atoms with van der Waals surface area (Å²) in [4.78, 5) is 0. The molecule has 0 radical (unpaired) electrons. The van der Waals surface area contributed by atoms with Crippen molar-refractivity contribution < 1.29 is 5.11 Å². The molecule has 0 saturated carbocycles. The smallest absolute Gasteiger partial charge is 0.0741 e. The van der Waals surface area contributed by atoms with Gasteiger partial charge in [0.05, 0.1) is 5.60 Å². The molecule has 1 rings (SSSR count). The van der Waals surface area contributed by atoms with Crippen LogP contribution in [-0.2, 0) is 0 Å². The molecule has 76 valence electrons. The van der Waals surface area contributed by atoms with Crippen LogP contribution in [0.4, 0.5) is 0 Å². The van der Waals surface area contributed by atoms with Crippen LogP contribution in [0.25, 0.3) is 0 Å². The Morgan fingerprint density at radius 2 is 2.15 bits per heavy atom. The Hall–Kier alpha value is -0.340. The number of nitrogens with one attached hydrogen (secondary N) is 1. The standard InChI is InChI=1S/C11H21NO/c1-9(11(2,3)13)12-10-7-5-4-6-8-10/h4-5,9-10,12-13H,6-8H2,1-3H3. The predicted molar refractivity (Wildman–Crippen MR) is 55.7 cm³/mol. The van der Waals surface area contributed by atoms with Crippen molar-refractivity contribution in [2.45, 2.75) is 57.7 Å². The highest BCUT2D eigenvalue weighted by atomic mass is 16.3. The molecule has 2 N–H and O–H groups in total. The van der Waals surface area contributed by atoms with Crippen LogP contribution < -0.4 is 5.32 Å². The summed E-state index contributed by atoms with van der Waals surface area (Å²) >= 11 is 0. The molecule has 2 unspecified atom stereocenters. The van der Waals surface area contributed by atoms with Gasteiger partial charge in [-0.1, -0.05) is 12.2 Å². The molecule has 0 spiro atoms. The van der Waals surface area contributed by atoms with Gasteiger partial charge < -0.3 is 10.4 Å². The fourth-order valence-corrected chi connectivity index (χ4v) is 1.50. The lowest BCUT2D eigenvalue weighted by Crippen LogP contribution is -2.49.